The molecule has 3 fully saturated rings. The number of carbonyl (C=O) groups is 3. The number of amides is 2. The van der Waals surface area contributed by atoms with Gasteiger partial charge in [0.15, 0.2) is 0 Å². The van der Waals surface area contributed by atoms with Crippen molar-refractivity contribution in [2.45, 2.75) is 31.9 Å². The van der Waals surface area contributed by atoms with Crippen molar-refractivity contribution in [2.75, 3.05) is 61.1 Å². The second-order valence-electron chi connectivity index (χ2n) is 10.9. The van der Waals surface area contributed by atoms with E-state index in [0.29, 0.717) is 48.8 Å². The van der Waals surface area contributed by atoms with Gasteiger partial charge in [0, 0.05) is 49.7 Å². The number of anilines is 3. The van der Waals surface area contributed by atoms with Gasteiger partial charge < -0.3 is 34.0 Å². The van der Waals surface area contributed by atoms with Crippen molar-refractivity contribution in [2.24, 2.45) is 0 Å². The van der Waals surface area contributed by atoms with Crippen molar-refractivity contribution >= 4 is 45.9 Å². The van der Waals surface area contributed by atoms with E-state index in [1.54, 1.807) is 18.2 Å². The van der Waals surface area contributed by atoms with Crippen molar-refractivity contribution in [3.05, 3.63) is 69.3 Å². The van der Waals surface area contributed by atoms with E-state index in [4.69, 9.17) is 9.47 Å². The second-order valence-corrected chi connectivity index (χ2v) is 10.9. The number of benzene rings is 2. The molecule has 2 aromatic carbocycles. The largest absolute Gasteiger partial charge is 1.00 e. The average molecular weight is 602 g/mol. The van der Waals surface area contributed by atoms with Crippen LogP contribution < -0.4 is 39.0 Å². The molecule has 0 bridgehead atoms. The van der Waals surface area contributed by atoms with E-state index in [1.165, 1.54) is 37.3 Å². The van der Waals surface area contributed by atoms with Gasteiger partial charge in [-0.2, -0.15) is 0 Å². The van der Waals surface area contributed by atoms with E-state index in [9.17, 15) is 19.2 Å². The van der Waals surface area contributed by atoms with Crippen LogP contribution in [-0.4, -0.2) is 75.0 Å². The number of pyridine rings is 1. The molecular weight excluding hydrogens is 571 g/mol. The van der Waals surface area contributed by atoms with Crippen molar-refractivity contribution in [3.63, 3.8) is 0 Å². The van der Waals surface area contributed by atoms with E-state index in [-0.39, 0.29) is 54.8 Å². The van der Waals surface area contributed by atoms with Gasteiger partial charge in [0.2, 0.25) is 5.43 Å². The van der Waals surface area contributed by atoms with Crippen molar-refractivity contribution < 1.29 is 51.5 Å². The monoisotopic (exact) mass is 601 g/mol. The van der Waals surface area contributed by atoms with Crippen LogP contribution in [0.15, 0.2) is 41.3 Å². The number of nitrogens with zero attached hydrogens (tertiary/aromatic N) is 5. The van der Waals surface area contributed by atoms with E-state index < -0.39 is 35.2 Å². The van der Waals surface area contributed by atoms with Crippen LogP contribution in [0, 0.1) is 11.6 Å². The number of piperazine rings is 1. The van der Waals surface area contributed by atoms with Crippen LogP contribution in [0.3, 0.4) is 0 Å². The number of rotatable bonds is 7. The second kappa shape index (κ2) is 12.5. The van der Waals surface area contributed by atoms with Gasteiger partial charge in [-0.05, 0) is 50.1 Å². The summed E-state index contributed by atoms with van der Waals surface area (Å²) in [6.07, 6.45) is 2.07. The summed E-state index contributed by atoms with van der Waals surface area (Å²) in [5.74, 6) is -2.21. The minimum absolute atomic E-state index is 0. The molecule has 0 radical (unpaired) electrons. The average Bonchev–Trinajstić information content (AvgIpc) is 3.77. The number of carbonyl (C=O) groups excluding carboxylic acids is 3. The minimum atomic E-state index is -0.757. The van der Waals surface area contributed by atoms with E-state index >= 15 is 8.78 Å². The molecule has 44 heavy (non-hydrogen) atoms. The molecule has 2 saturated heterocycles. The molecule has 3 heterocycles. The van der Waals surface area contributed by atoms with E-state index in [0.717, 1.165) is 12.8 Å². The first-order valence-electron chi connectivity index (χ1n) is 14.1. The normalized spacial score (nSPS) is 18.2. The number of fused-ring (bicyclic) bond motifs is 1. The number of esters is 1. The predicted molar refractivity (Wildman–Crippen MR) is 155 cm³/mol. The maximum atomic E-state index is 15.4. The molecule has 1 aromatic heterocycles. The third-order valence-electron chi connectivity index (χ3n) is 8.04. The van der Waals surface area contributed by atoms with Gasteiger partial charge in [-0.15, -0.1) is 0 Å². The first-order chi connectivity index (χ1) is 20.6. The summed E-state index contributed by atoms with van der Waals surface area (Å²) in [5.41, 5.74) is 0.887. The summed E-state index contributed by atoms with van der Waals surface area (Å²) in [7, 11) is 1.20. The molecule has 2 aliphatic heterocycles. The molecule has 11 nitrogen and oxygen atoms in total. The Morgan fingerprint density at radius 2 is 1.66 bits per heavy atom. The summed E-state index contributed by atoms with van der Waals surface area (Å²) >= 11 is 0. The fourth-order valence-corrected chi connectivity index (χ4v) is 5.68. The summed E-state index contributed by atoms with van der Waals surface area (Å²) < 4.78 is 42.6. The molecule has 1 saturated carbocycles. The van der Waals surface area contributed by atoms with E-state index in [1.807, 2.05) is 14.4 Å². The van der Waals surface area contributed by atoms with Gasteiger partial charge in [-0.25, -0.2) is 18.4 Å². The molecule has 1 atom stereocenters. The van der Waals surface area contributed by atoms with Crippen LogP contribution in [0.25, 0.3) is 16.2 Å². The van der Waals surface area contributed by atoms with Gasteiger partial charge in [-0.3, -0.25) is 9.69 Å². The third kappa shape index (κ3) is 5.99. The van der Waals surface area contributed by atoms with Crippen molar-refractivity contribution in [3.8, 4) is 0 Å². The first-order valence-corrected chi connectivity index (χ1v) is 14.1. The van der Waals surface area contributed by atoms with Gasteiger partial charge in [0.25, 0.3) is 0 Å². The molecular formula is C30H30F2LiN5O6. The molecule has 3 aliphatic rings. The zero-order valence-corrected chi connectivity index (χ0v) is 24.7. The van der Waals surface area contributed by atoms with Crippen LogP contribution >= 0.6 is 0 Å². The van der Waals surface area contributed by atoms with Gasteiger partial charge in [0.05, 0.1) is 36.2 Å². The number of aromatic nitrogens is 1. The molecule has 0 N–H and O–H groups in total. The third-order valence-corrected chi connectivity index (χ3v) is 8.04. The first kappa shape index (κ1) is 31.3. The van der Waals surface area contributed by atoms with Crippen molar-refractivity contribution in [1.29, 1.82) is 0 Å². The zero-order valence-electron chi connectivity index (χ0n) is 24.7. The van der Waals surface area contributed by atoms with Crippen LogP contribution in [0.2, 0.25) is 0 Å². The minimum Gasteiger partial charge on any atom is -0.651 e. The Morgan fingerprint density at radius 3 is 2.27 bits per heavy atom. The molecule has 0 unspecified atom stereocenters. The van der Waals surface area contributed by atoms with Gasteiger partial charge in [0.1, 0.15) is 23.3 Å². The number of hydrogen-bond donors (Lipinski definition) is 0. The number of hydrogen-bond acceptors (Lipinski definition) is 8. The summed E-state index contributed by atoms with van der Waals surface area (Å²) in [6.45, 7) is 3.14. The SMILES string of the molecule is COC(=O)c1cn(C2CC2)c2cc(N3CCN(c4ccc(N5C[C@H](C[N-]C(C)=O)OC5=O)cc4F)CC3)c(F)cc2c1=O.[Li+]. The summed E-state index contributed by atoms with van der Waals surface area (Å²) in [4.78, 5) is 53.7. The Kier molecular flexibility index (Phi) is 8.90. The fourth-order valence-electron chi connectivity index (χ4n) is 5.68. The Morgan fingerprint density at radius 1 is 1.00 bits per heavy atom. The van der Waals surface area contributed by atoms with Crippen LogP contribution in [0.5, 0.6) is 0 Å². The standard InChI is InChI=1S/C30H31F2N5O6.Li/c1-17(38)33-14-20-15-37(30(41)43-20)19-5-6-25(23(31)11-19)34-7-9-35(10-8-34)27-13-26-21(12-24(27)32)28(39)22(29(40)42-2)16-36(26)18-3-4-18;/h5-6,11-13,16,18,20H,3-4,7-10,14-15H2,1-2H3,(H,33,38);/q;+1/p-1/t20-;/m0./s1. The Bertz CT molecular complexity index is 1690. The number of methoxy groups -OCH3 is 1. The van der Waals surface area contributed by atoms with Gasteiger partial charge in [-0.1, -0.05) is 6.54 Å². The Hall–Kier alpha value is -4.08. The summed E-state index contributed by atoms with van der Waals surface area (Å²) in [6, 6.07) is 7.48. The quantitative estimate of drug-likeness (QED) is 0.291. The van der Waals surface area contributed by atoms with Crippen LogP contribution in [0.1, 0.15) is 36.2 Å². The zero-order chi connectivity index (χ0) is 30.4. The van der Waals surface area contributed by atoms with Crippen LogP contribution in [0.4, 0.5) is 30.6 Å². The fraction of sp³-hybridized carbons (Fsp3) is 0.400. The molecule has 0 spiro atoms. The van der Waals surface area contributed by atoms with E-state index in [2.05, 4.69) is 5.32 Å². The Balaban J connectivity index is 0.00000384. The molecule has 226 valence electrons. The van der Waals surface area contributed by atoms with Crippen molar-refractivity contribution in [1.82, 2.24) is 4.57 Å². The maximum absolute atomic E-state index is 15.4. The van der Waals surface area contributed by atoms with Gasteiger partial charge >= 0.3 is 30.9 Å². The smallest absolute Gasteiger partial charge is 0.651 e. The molecule has 1 aliphatic carbocycles. The predicted octanol–water partition coefficient (Wildman–Crippen LogP) is 0.977. The topological polar surface area (TPSA) is 115 Å². The summed E-state index contributed by atoms with van der Waals surface area (Å²) in [5, 5.41) is 3.88. The maximum Gasteiger partial charge on any atom is 1.00 e. The molecule has 2 amide bonds. The molecule has 3 aromatic rings. The number of ether oxygens (including phenoxy) is 2. The Labute approximate surface area is 263 Å². The molecule has 6 rings (SSSR count). The number of cyclic esters (lactones) is 1. The number of halogens is 2. The van der Waals surface area contributed by atoms with Crippen LogP contribution in [-0.2, 0) is 14.3 Å². The molecule has 14 heteroatoms.